The molecule has 0 aliphatic carbocycles. The summed E-state index contributed by atoms with van der Waals surface area (Å²) in [7, 11) is -3.49. The molecule has 0 unspecified atom stereocenters. The van der Waals surface area contributed by atoms with E-state index in [0.717, 1.165) is 5.56 Å². The molecular weight excluding hydrogens is 296 g/mol. The quantitative estimate of drug-likeness (QED) is 0.758. The van der Waals surface area contributed by atoms with E-state index >= 15 is 0 Å². The summed E-state index contributed by atoms with van der Waals surface area (Å²) in [4.78, 5) is 0. The molecule has 1 fully saturated rings. The van der Waals surface area contributed by atoms with Crippen LogP contribution in [0.1, 0.15) is 12.0 Å². The Labute approximate surface area is 117 Å². The Morgan fingerprint density at radius 2 is 2.28 bits per heavy atom. The van der Waals surface area contributed by atoms with Crippen LogP contribution in [0, 0.1) is 6.92 Å². The lowest BCUT2D eigenvalue weighted by atomic mass is 10.1. The molecular formula is C10H17ClN2O3S2. The molecule has 1 aromatic rings. The molecule has 0 bridgehead atoms. The molecule has 2 atom stereocenters. The number of aliphatic hydroxyl groups is 1. The molecule has 1 aromatic heterocycles. The molecule has 5 nitrogen and oxygen atoms in total. The van der Waals surface area contributed by atoms with E-state index in [4.69, 9.17) is 0 Å². The third kappa shape index (κ3) is 3.66. The molecule has 1 aliphatic heterocycles. The number of hydrogen-bond acceptors (Lipinski definition) is 5. The Kier molecular flexibility index (Phi) is 5.57. The third-order valence-electron chi connectivity index (χ3n) is 2.73. The standard InChI is InChI=1S/C10H16N2O3S2.ClH/c1-7-4-10(16-6-7)17(14,15)12-8-2-3-11-5-9(8)13;/h4,6,8-9,11-13H,2-3,5H2,1H3;1H/t8-,9-;/m1./s1. The second-order valence-electron chi connectivity index (χ2n) is 4.23. The number of rotatable bonds is 3. The molecule has 8 heteroatoms. The molecule has 18 heavy (non-hydrogen) atoms. The minimum atomic E-state index is -3.49. The van der Waals surface area contributed by atoms with E-state index in [-0.39, 0.29) is 12.4 Å². The van der Waals surface area contributed by atoms with Crippen LogP contribution >= 0.6 is 23.7 Å². The first-order valence-corrected chi connectivity index (χ1v) is 7.81. The molecule has 0 amide bonds. The van der Waals surface area contributed by atoms with Crippen LogP contribution in [0.3, 0.4) is 0 Å². The molecule has 1 aliphatic rings. The number of sulfonamides is 1. The van der Waals surface area contributed by atoms with Crippen LogP contribution in [-0.4, -0.2) is 38.8 Å². The Morgan fingerprint density at radius 1 is 1.56 bits per heavy atom. The van der Waals surface area contributed by atoms with Crippen molar-refractivity contribution in [1.82, 2.24) is 10.0 Å². The van der Waals surface area contributed by atoms with Gasteiger partial charge < -0.3 is 10.4 Å². The summed E-state index contributed by atoms with van der Waals surface area (Å²) >= 11 is 1.20. The smallest absolute Gasteiger partial charge is 0.250 e. The fraction of sp³-hybridized carbons (Fsp3) is 0.600. The summed E-state index contributed by atoms with van der Waals surface area (Å²) in [5.41, 5.74) is 0.932. The monoisotopic (exact) mass is 312 g/mol. The normalized spacial score (nSPS) is 24.6. The SMILES string of the molecule is Cc1csc(S(=O)(=O)N[C@@H]2CCNC[C@H]2O)c1.Cl. The first kappa shape index (κ1) is 15.9. The van der Waals surface area contributed by atoms with Crippen LogP contribution in [-0.2, 0) is 10.0 Å². The molecule has 0 saturated carbocycles. The van der Waals surface area contributed by atoms with Crippen molar-refractivity contribution in [3.05, 3.63) is 17.0 Å². The van der Waals surface area contributed by atoms with Crippen LogP contribution in [0.5, 0.6) is 0 Å². The van der Waals surface area contributed by atoms with Gasteiger partial charge in [-0.3, -0.25) is 0 Å². The molecule has 104 valence electrons. The molecule has 0 aromatic carbocycles. The summed E-state index contributed by atoms with van der Waals surface area (Å²) < 4.78 is 26.9. The topological polar surface area (TPSA) is 78.4 Å². The van der Waals surface area contributed by atoms with Gasteiger partial charge in [-0.15, -0.1) is 23.7 Å². The summed E-state index contributed by atoms with van der Waals surface area (Å²) in [6.45, 7) is 3.00. The number of aryl methyl sites for hydroxylation is 1. The molecule has 2 rings (SSSR count). The van der Waals surface area contributed by atoms with Gasteiger partial charge in [-0.25, -0.2) is 13.1 Å². The average Bonchev–Trinajstić information content (AvgIpc) is 2.69. The van der Waals surface area contributed by atoms with E-state index in [1.807, 2.05) is 6.92 Å². The Bertz CT molecular complexity index is 489. The molecule has 1 saturated heterocycles. The van der Waals surface area contributed by atoms with Crippen molar-refractivity contribution in [3.63, 3.8) is 0 Å². The highest BCUT2D eigenvalue weighted by molar-refractivity contribution is 7.91. The minimum Gasteiger partial charge on any atom is -0.390 e. The molecule has 0 spiro atoms. The summed E-state index contributed by atoms with van der Waals surface area (Å²) in [5.74, 6) is 0. The Hall–Kier alpha value is -0.180. The fourth-order valence-corrected chi connectivity index (χ4v) is 4.33. The number of nitrogens with one attached hydrogen (secondary N) is 2. The third-order valence-corrected chi connectivity index (χ3v) is 5.78. The fourth-order valence-electron chi connectivity index (χ4n) is 1.78. The van der Waals surface area contributed by atoms with E-state index in [1.54, 1.807) is 11.4 Å². The van der Waals surface area contributed by atoms with Gasteiger partial charge >= 0.3 is 0 Å². The number of hydrogen-bond donors (Lipinski definition) is 3. The van der Waals surface area contributed by atoms with Gasteiger partial charge in [0.15, 0.2) is 0 Å². The van der Waals surface area contributed by atoms with Crippen LogP contribution < -0.4 is 10.0 Å². The van der Waals surface area contributed by atoms with Gasteiger partial charge in [0.2, 0.25) is 10.0 Å². The maximum Gasteiger partial charge on any atom is 0.250 e. The zero-order valence-electron chi connectivity index (χ0n) is 9.92. The highest BCUT2D eigenvalue weighted by atomic mass is 35.5. The van der Waals surface area contributed by atoms with Crippen LogP contribution in [0.25, 0.3) is 0 Å². The van der Waals surface area contributed by atoms with Gasteiger partial charge in [0.25, 0.3) is 0 Å². The van der Waals surface area contributed by atoms with Crippen molar-refractivity contribution in [2.24, 2.45) is 0 Å². The van der Waals surface area contributed by atoms with Gasteiger partial charge in [-0.2, -0.15) is 0 Å². The molecule has 2 heterocycles. The van der Waals surface area contributed by atoms with E-state index in [1.165, 1.54) is 11.3 Å². The van der Waals surface area contributed by atoms with Gasteiger partial charge in [0.1, 0.15) is 4.21 Å². The largest absolute Gasteiger partial charge is 0.390 e. The van der Waals surface area contributed by atoms with E-state index < -0.39 is 22.2 Å². The highest BCUT2D eigenvalue weighted by Crippen LogP contribution is 2.20. The lowest BCUT2D eigenvalue weighted by Gasteiger charge is -2.28. The second kappa shape index (κ2) is 6.31. The summed E-state index contributed by atoms with van der Waals surface area (Å²) in [6, 6.07) is 1.24. The van der Waals surface area contributed by atoms with Gasteiger partial charge in [-0.1, -0.05) is 0 Å². The number of halogens is 1. The highest BCUT2D eigenvalue weighted by Gasteiger charge is 2.28. The van der Waals surface area contributed by atoms with E-state index in [9.17, 15) is 13.5 Å². The predicted octanol–water partition coefficient (Wildman–Crippen LogP) is 0.479. The van der Waals surface area contributed by atoms with Gasteiger partial charge in [0, 0.05) is 6.54 Å². The van der Waals surface area contributed by atoms with E-state index in [0.29, 0.717) is 23.7 Å². The zero-order chi connectivity index (χ0) is 12.5. The average molecular weight is 313 g/mol. The zero-order valence-corrected chi connectivity index (χ0v) is 12.4. The second-order valence-corrected chi connectivity index (χ2v) is 7.08. The molecule has 0 radical (unpaired) electrons. The Balaban J connectivity index is 0.00000162. The number of β-amino-alcohol motifs (C(OH)–C–C–N with tert-alkyl or cyclic N) is 1. The van der Waals surface area contributed by atoms with Crippen molar-refractivity contribution in [2.75, 3.05) is 13.1 Å². The maximum absolute atomic E-state index is 12.0. The first-order valence-electron chi connectivity index (χ1n) is 5.45. The van der Waals surface area contributed by atoms with Crippen molar-refractivity contribution in [1.29, 1.82) is 0 Å². The lowest BCUT2D eigenvalue weighted by Crippen LogP contribution is -2.52. The Morgan fingerprint density at radius 3 is 2.83 bits per heavy atom. The maximum atomic E-state index is 12.0. The number of aliphatic hydroxyl groups excluding tert-OH is 1. The van der Waals surface area contributed by atoms with Crippen LogP contribution in [0.4, 0.5) is 0 Å². The van der Waals surface area contributed by atoms with Crippen molar-refractivity contribution in [2.45, 2.75) is 29.7 Å². The van der Waals surface area contributed by atoms with Crippen LogP contribution in [0.2, 0.25) is 0 Å². The van der Waals surface area contributed by atoms with E-state index in [2.05, 4.69) is 10.0 Å². The number of thiophene rings is 1. The lowest BCUT2D eigenvalue weighted by molar-refractivity contribution is 0.113. The summed E-state index contributed by atoms with van der Waals surface area (Å²) in [5, 5.41) is 14.5. The van der Waals surface area contributed by atoms with Crippen molar-refractivity contribution in [3.8, 4) is 0 Å². The van der Waals surface area contributed by atoms with Gasteiger partial charge in [-0.05, 0) is 36.9 Å². The van der Waals surface area contributed by atoms with Crippen molar-refractivity contribution >= 4 is 33.8 Å². The van der Waals surface area contributed by atoms with Gasteiger partial charge in [0.05, 0.1) is 12.1 Å². The minimum absolute atomic E-state index is 0. The predicted molar refractivity (Wildman–Crippen MR) is 73.9 cm³/mol. The summed E-state index contributed by atoms with van der Waals surface area (Å²) in [6.07, 6.45) is -0.0651. The first-order chi connectivity index (χ1) is 7.99. The number of piperidine rings is 1. The molecule has 3 N–H and O–H groups in total. The van der Waals surface area contributed by atoms with Crippen molar-refractivity contribution < 1.29 is 13.5 Å². The van der Waals surface area contributed by atoms with Crippen LogP contribution in [0.15, 0.2) is 15.7 Å².